The molecule has 57 heavy (non-hydrogen) atoms. The standard InChI is InChI=1S/C48H50N4O5/c1-28-4-8-30(9-5-28)41(55)23-32(53)11-6-29-7-17-42-43(22-29)57-47-38(48(20-21-56-42)18-2-3-19-48)15-16-40(54)34-13-14-35-44-31(24-51-46(35)49)10-12-33(45(34)44)36-25-50-39-27-52(47)26-37(36)39/h4,7-8,13-14,17,22,24-25,27-28,30-31,33,38,40-41,46-47,54-55H,2-3,5-6,9-12,18-19,23,26,49H2,1H3/p+1. The van der Waals surface area contributed by atoms with Gasteiger partial charge in [0.1, 0.15) is 48.5 Å². The van der Waals surface area contributed by atoms with Crippen molar-refractivity contribution < 1.29 is 29.4 Å². The lowest BCUT2D eigenvalue weighted by atomic mass is 9.68. The summed E-state index contributed by atoms with van der Waals surface area (Å²) in [6.07, 6.45) is 19.5. The van der Waals surface area contributed by atoms with E-state index in [-0.39, 0.29) is 35.9 Å². The molecule has 3 aliphatic carbocycles. The molecule has 8 aliphatic rings. The van der Waals surface area contributed by atoms with E-state index in [9.17, 15) is 15.0 Å². The van der Waals surface area contributed by atoms with Crippen LogP contribution >= 0.6 is 0 Å². The summed E-state index contributed by atoms with van der Waals surface area (Å²) in [7, 11) is 0. The second-order valence-corrected chi connectivity index (χ2v) is 17.6. The van der Waals surface area contributed by atoms with Crippen LogP contribution in [0.4, 0.5) is 0 Å². The fraction of sp³-hybridized carbons (Fsp3) is 0.479. The van der Waals surface area contributed by atoms with Crippen molar-refractivity contribution in [1.29, 1.82) is 0 Å². The Balaban J connectivity index is 1.01. The second-order valence-electron chi connectivity index (χ2n) is 17.6. The minimum Gasteiger partial charge on any atom is -0.437 e. The summed E-state index contributed by atoms with van der Waals surface area (Å²) in [5.74, 6) is 12.1. The third kappa shape index (κ3) is 6.50. The van der Waals surface area contributed by atoms with Gasteiger partial charge in [-0.15, -0.1) is 0 Å². The van der Waals surface area contributed by atoms with Crippen LogP contribution in [0.5, 0.6) is 11.5 Å². The lowest BCUT2D eigenvalue weighted by molar-refractivity contribution is -0.891. The van der Waals surface area contributed by atoms with Gasteiger partial charge in [-0.2, -0.15) is 0 Å². The molecule has 10 rings (SSSR count). The van der Waals surface area contributed by atoms with E-state index in [1.54, 1.807) is 0 Å². The number of quaternary nitrogens is 1. The van der Waals surface area contributed by atoms with Crippen LogP contribution in [0, 0.1) is 47.0 Å². The highest BCUT2D eigenvalue weighted by molar-refractivity contribution is 5.89. The summed E-state index contributed by atoms with van der Waals surface area (Å²) >= 11 is 0. The van der Waals surface area contributed by atoms with Gasteiger partial charge in [0.05, 0.1) is 11.5 Å². The van der Waals surface area contributed by atoms with E-state index in [0.717, 1.165) is 84.2 Å². The number of aliphatic imine (C=N–C) groups is 2. The molecule has 1 spiro atoms. The number of carbonyl (C=O) groups is 1. The van der Waals surface area contributed by atoms with Crippen LogP contribution < -0.4 is 20.1 Å². The molecular formula is C48H51N4O5+. The van der Waals surface area contributed by atoms with Gasteiger partial charge in [0.2, 0.25) is 0 Å². The van der Waals surface area contributed by atoms with Crippen LogP contribution in [0.25, 0.3) is 0 Å². The second kappa shape index (κ2) is 14.6. The number of Topliss-reactive ketones (excluding diaryl/α,β-unsaturated/α-hetero) is 1. The summed E-state index contributed by atoms with van der Waals surface area (Å²) < 4.78 is 13.4. The molecule has 2 aromatic carbocycles. The van der Waals surface area contributed by atoms with Gasteiger partial charge < -0.3 is 25.4 Å². The van der Waals surface area contributed by atoms with Gasteiger partial charge in [-0.25, -0.2) is 0 Å². The van der Waals surface area contributed by atoms with Crippen molar-refractivity contribution in [2.45, 2.75) is 114 Å². The van der Waals surface area contributed by atoms with Gasteiger partial charge in [0.25, 0.3) is 6.23 Å². The molecule has 5 aliphatic heterocycles. The van der Waals surface area contributed by atoms with Crippen LogP contribution in [-0.4, -0.2) is 47.3 Å². The first-order chi connectivity index (χ1) is 27.7. The molecule has 0 aromatic heterocycles. The SMILES string of the molecule is CC1C=CC(C(O)CC(=O)CCc2ccc3c(c2)OC2C(C#CC(O)c4ccc5c6c4C(CCC6C=NC5N)C4=C5C[NH+]2C=C5N=C4)C2(C#CO3)CCCC2)CC1. The van der Waals surface area contributed by atoms with Crippen molar-refractivity contribution in [2.75, 3.05) is 6.54 Å². The normalized spacial score (nSPS) is 32.6. The van der Waals surface area contributed by atoms with E-state index < -0.39 is 30.0 Å². The number of benzene rings is 2. The predicted molar refractivity (Wildman–Crippen MR) is 217 cm³/mol. The largest absolute Gasteiger partial charge is 0.437 e. The van der Waals surface area contributed by atoms with Gasteiger partial charge in [-0.05, 0) is 96.4 Å². The third-order valence-corrected chi connectivity index (χ3v) is 14.1. The van der Waals surface area contributed by atoms with Crippen molar-refractivity contribution in [3.8, 4) is 35.4 Å². The molecule has 1 saturated carbocycles. The lowest BCUT2D eigenvalue weighted by Crippen LogP contribution is -3.12. The highest BCUT2D eigenvalue weighted by Gasteiger charge is 2.51. The predicted octanol–water partition coefficient (Wildman–Crippen LogP) is 5.65. The Labute approximate surface area is 334 Å². The fourth-order valence-corrected chi connectivity index (χ4v) is 10.9. The first-order valence-corrected chi connectivity index (χ1v) is 21.1. The summed E-state index contributed by atoms with van der Waals surface area (Å²) in [5, 5.41) is 23.0. The molecule has 0 amide bonds. The molecule has 10 unspecified atom stereocenters. The number of aliphatic hydroxyl groups is 2. The number of aliphatic hydroxyl groups excluding tert-OH is 2. The maximum atomic E-state index is 13.1. The number of aryl methyl sites for hydroxylation is 1. The molecule has 0 saturated heterocycles. The maximum Gasteiger partial charge on any atom is 0.252 e. The Kier molecular flexibility index (Phi) is 9.34. The van der Waals surface area contributed by atoms with Crippen molar-refractivity contribution in [1.82, 2.24) is 0 Å². The Bertz CT molecular complexity index is 2290. The molecule has 9 nitrogen and oxygen atoms in total. The number of ether oxygens (including phenoxy) is 2. The lowest BCUT2D eigenvalue weighted by Gasteiger charge is -2.38. The van der Waals surface area contributed by atoms with Gasteiger partial charge >= 0.3 is 0 Å². The first kappa shape index (κ1) is 36.6. The number of ketones is 1. The van der Waals surface area contributed by atoms with E-state index in [1.165, 1.54) is 16.7 Å². The number of nitrogens with two attached hydrogens (primary N) is 1. The number of hydrogen-bond donors (Lipinski definition) is 4. The smallest absolute Gasteiger partial charge is 0.252 e. The van der Waals surface area contributed by atoms with Crippen molar-refractivity contribution in [2.24, 2.45) is 38.9 Å². The highest BCUT2D eigenvalue weighted by atomic mass is 16.5. The minimum atomic E-state index is -1.02. The zero-order valence-corrected chi connectivity index (χ0v) is 32.5. The average molecular weight is 764 g/mol. The Hall–Kier alpha value is -4.77. The van der Waals surface area contributed by atoms with Crippen LogP contribution in [0.2, 0.25) is 0 Å². The van der Waals surface area contributed by atoms with Gasteiger partial charge in [-0.1, -0.05) is 67.9 Å². The molecule has 5 N–H and O–H groups in total. The molecule has 292 valence electrons. The monoisotopic (exact) mass is 763 g/mol. The summed E-state index contributed by atoms with van der Waals surface area (Å²) in [5.41, 5.74) is 14.6. The van der Waals surface area contributed by atoms with Crippen LogP contribution in [0.3, 0.4) is 0 Å². The Morgan fingerprint density at radius 1 is 1.05 bits per heavy atom. The summed E-state index contributed by atoms with van der Waals surface area (Å²) in [6.45, 7) is 2.87. The number of nitrogens with one attached hydrogen (secondary N) is 1. The van der Waals surface area contributed by atoms with Crippen molar-refractivity contribution in [3.05, 3.63) is 93.3 Å². The van der Waals surface area contributed by atoms with E-state index in [1.807, 2.05) is 42.8 Å². The minimum absolute atomic E-state index is 0.0347. The highest BCUT2D eigenvalue weighted by Crippen LogP contribution is 2.51. The maximum absolute atomic E-state index is 13.1. The van der Waals surface area contributed by atoms with E-state index >= 15 is 0 Å². The molecule has 2 aromatic rings. The summed E-state index contributed by atoms with van der Waals surface area (Å²) in [4.78, 5) is 23.9. The number of hydrogen-bond acceptors (Lipinski definition) is 8. The zero-order valence-electron chi connectivity index (χ0n) is 32.5. The van der Waals surface area contributed by atoms with E-state index in [4.69, 9.17) is 20.2 Å². The van der Waals surface area contributed by atoms with Crippen molar-refractivity contribution in [3.63, 3.8) is 0 Å². The van der Waals surface area contributed by atoms with E-state index in [0.29, 0.717) is 36.8 Å². The molecular weight excluding hydrogens is 713 g/mol. The van der Waals surface area contributed by atoms with Crippen LogP contribution in [-0.2, 0) is 11.2 Å². The topological polar surface area (TPSA) is 131 Å². The Morgan fingerprint density at radius 3 is 2.75 bits per heavy atom. The molecule has 1 fully saturated rings. The third-order valence-electron chi connectivity index (χ3n) is 14.1. The zero-order chi connectivity index (χ0) is 38.8. The average Bonchev–Trinajstić information content (AvgIpc) is 3.96. The molecule has 10 atom stereocenters. The van der Waals surface area contributed by atoms with Gasteiger partial charge in [-0.3, -0.25) is 19.7 Å². The molecule has 5 heterocycles. The first-order valence-electron chi connectivity index (χ1n) is 21.1. The molecule has 2 bridgehead atoms. The van der Waals surface area contributed by atoms with Gasteiger partial charge in [0.15, 0.2) is 11.5 Å². The van der Waals surface area contributed by atoms with Gasteiger partial charge in [0, 0.05) is 48.6 Å². The van der Waals surface area contributed by atoms with Crippen LogP contribution in [0.15, 0.2) is 75.5 Å². The molecule has 9 heteroatoms. The number of rotatable bonds is 6. The number of fused-ring (bicyclic) bond motifs is 6. The Morgan fingerprint density at radius 2 is 1.91 bits per heavy atom. The number of carbonyl (C=O) groups excluding carboxylic acids is 1. The van der Waals surface area contributed by atoms with Crippen molar-refractivity contribution >= 4 is 18.2 Å². The van der Waals surface area contributed by atoms with Crippen LogP contribution in [0.1, 0.15) is 123 Å². The number of nitrogens with zero attached hydrogens (tertiary/aromatic N) is 2. The van der Waals surface area contributed by atoms with E-state index in [2.05, 4.69) is 54.1 Å². The molecule has 0 radical (unpaired) electrons. The summed E-state index contributed by atoms with van der Waals surface area (Å²) in [6, 6.07) is 9.90. The quantitative estimate of drug-likeness (QED) is 0.222. The fourth-order valence-electron chi connectivity index (χ4n) is 10.9. The number of allylic oxidation sites excluding steroid dienone is 2.